The number of carbonyl (C=O) groups is 1. The van der Waals surface area contributed by atoms with E-state index in [0.29, 0.717) is 5.69 Å². The Labute approximate surface area is 134 Å². The molecule has 1 amide bonds. The van der Waals surface area contributed by atoms with Gasteiger partial charge in [-0.05, 0) is 31.2 Å². The average molecular weight is 339 g/mol. The molecule has 1 N–H and O–H groups in total. The monoisotopic (exact) mass is 339 g/mol. The van der Waals surface area contributed by atoms with Crippen molar-refractivity contribution in [3.05, 3.63) is 48.0 Å². The Morgan fingerprint density at radius 2 is 2.13 bits per heavy atom. The Morgan fingerprint density at radius 3 is 2.78 bits per heavy atom. The van der Waals surface area contributed by atoms with Crippen molar-refractivity contribution in [2.24, 2.45) is 0 Å². The van der Waals surface area contributed by atoms with Gasteiger partial charge in [0.15, 0.2) is 15.5 Å². The van der Waals surface area contributed by atoms with E-state index in [1.54, 1.807) is 26.0 Å². The molecule has 8 heteroatoms. The van der Waals surface area contributed by atoms with Crippen LogP contribution in [0, 0.1) is 5.82 Å². The second kappa shape index (κ2) is 6.91. The number of amides is 1. The molecule has 0 spiro atoms. The summed E-state index contributed by atoms with van der Waals surface area (Å²) in [6.45, 7) is 3.18. The van der Waals surface area contributed by atoms with E-state index in [0.717, 1.165) is 0 Å². The number of nitrogens with one attached hydrogen (secondary N) is 1. The van der Waals surface area contributed by atoms with Gasteiger partial charge in [-0.3, -0.25) is 4.79 Å². The minimum atomic E-state index is -3.17. The van der Waals surface area contributed by atoms with E-state index in [9.17, 15) is 17.6 Å². The summed E-state index contributed by atoms with van der Waals surface area (Å²) in [6, 6.07) is 6.78. The van der Waals surface area contributed by atoms with Gasteiger partial charge in [0.25, 0.3) is 5.91 Å². The highest BCUT2D eigenvalue weighted by molar-refractivity contribution is 7.91. The van der Waals surface area contributed by atoms with Crippen LogP contribution in [0.15, 0.2) is 36.5 Å². The van der Waals surface area contributed by atoms with Crippen LogP contribution in [-0.4, -0.2) is 41.7 Å². The van der Waals surface area contributed by atoms with E-state index in [2.05, 4.69) is 10.4 Å². The average Bonchev–Trinajstić information content (AvgIpc) is 2.96. The number of aromatic nitrogens is 2. The van der Waals surface area contributed by atoms with Crippen molar-refractivity contribution in [2.75, 3.05) is 11.5 Å². The molecular formula is C15H18FN3O3S. The SMILES string of the molecule is CCS(=O)(=O)CC(C)NC(=O)c1ccn(-c2cccc(F)c2)n1. The zero-order valence-corrected chi connectivity index (χ0v) is 13.7. The molecule has 124 valence electrons. The molecule has 0 aliphatic carbocycles. The van der Waals surface area contributed by atoms with Crippen LogP contribution in [0.2, 0.25) is 0 Å². The second-order valence-electron chi connectivity index (χ2n) is 5.20. The van der Waals surface area contributed by atoms with Crippen LogP contribution < -0.4 is 5.32 Å². The van der Waals surface area contributed by atoms with Crippen LogP contribution >= 0.6 is 0 Å². The largest absolute Gasteiger partial charge is 0.347 e. The third-order valence-corrected chi connectivity index (χ3v) is 5.10. The normalized spacial score (nSPS) is 12.8. The van der Waals surface area contributed by atoms with Gasteiger partial charge in [0.05, 0.1) is 11.4 Å². The van der Waals surface area contributed by atoms with Gasteiger partial charge in [-0.15, -0.1) is 0 Å². The first kappa shape index (κ1) is 17.1. The molecule has 1 unspecified atom stereocenters. The zero-order chi connectivity index (χ0) is 17.0. The lowest BCUT2D eigenvalue weighted by Gasteiger charge is -2.12. The molecule has 23 heavy (non-hydrogen) atoms. The van der Waals surface area contributed by atoms with E-state index >= 15 is 0 Å². The fourth-order valence-electron chi connectivity index (χ4n) is 2.05. The minimum absolute atomic E-state index is 0.0292. The maximum absolute atomic E-state index is 13.2. The highest BCUT2D eigenvalue weighted by Gasteiger charge is 2.18. The van der Waals surface area contributed by atoms with Crippen molar-refractivity contribution < 1.29 is 17.6 Å². The van der Waals surface area contributed by atoms with Gasteiger partial charge in [0.2, 0.25) is 0 Å². The number of nitrogens with zero attached hydrogens (tertiary/aromatic N) is 2. The molecule has 0 fully saturated rings. The quantitative estimate of drug-likeness (QED) is 0.866. The van der Waals surface area contributed by atoms with Crippen molar-refractivity contribution in [3.63, 3.8) is 0 Å². The minimum Gasteiger partial charge on any atom is -0.347 e. The lowest BCUT2D eigenvalue weighted by Crippen LogP contribution is -2.38. The number of sulfone groups is 1. The predicted molar refractivity (Wildman–Crippen MR) is 84.8 cm³/mol. The number of benzene rings is 1. The summed E-state index contributed by atoms with van der Waals surface area (Å²) in [5, 5.41) is 6.67. The third kappa shape index (κ3) is 4.62. The topological polar surface area (TPSA) is 81.1 Å². The first-order valence-corrected chi connectivity index (χ1v) is 8.96. The number of halogens is 1. The van der Waals surface area contributed by atoms with Crippen molar-refractivity contribution in [1.29, 1.82) is 0 Å². The second-order valence-corrected chi connectivity index (χ2v) is 7.60. The van der Waals surface area contributed by atoms with Gasteiger partial charge in [-0.25, -0.2) is 17.5 Å². The molecule has 1 heterocycles. The van der Waals surface area contributed by atoms with Gasteiger partial charge < -0.3 is 5.32 Å². The molecule has 0 radical (unpaired) electrons. The number of hydrogen-bond acceptors (Lipinski definition) is 4. The third-order valence-electron chi connectivity index (χ3n) is 3.22. The first-order chi connectivity index (χ1) is 10.8. The number of carbonyl (C=O) groups excluding carboxylic acids is 1. The van der Waals surface area contributed by atoms with Crippen LogP contribution in [0.5, 0.6) is 0 Å². The summed E-state index contributed by atoms with van der Waals surface area (Å²) >= 11 is 0. The smallest absolute Gasteiger partial charge is 0.272 e. The molecule has 0 saturated carbocycles. The van der Waals surface area contributed by atoms with Crippen LogP contribution in [-0.2, 0) is 9.84 Å². The molecule has 6 nitrogen and oxygen atoms in total. The standard InChI is InChI=1S/C15H18FN3O3S/c1-3-23(21,22)10-11(2)17-15(20)14-7-8-19(18-14)13-6-4-5-12(16)9-13/h4-9,11H,3,10H2,1-2H3,(H,17,20). The van der Waals surface area contributed by atoms with E-state index in [-0.39, 0.29) is 17.2 Å². The fraction of sp³-hybridized carbons (Fsp3) is 0.333. The summed E-state index contributed by atoms with van der Waals surface area (Å²) in [4.78, 5) is 12.1. The molecule has 0 saturated heterocycles. The Morgan fingerprint density at radius 1 is 1.39 bits per heavy atom. The van der Waals surface area contributed by atoms with Crippen molar-refractivity contribution in [1.82, 2.24) is 15.1 Å². The zero-order valence-electron chi connectivity index (χ0n) is 12.9. The Bertz CT molecular complexity index is 802. The number of rotatable bonds is 6. The molecule has 0 aliphatic rings. The fourth-order valence-corrected chi connectivity index (χ4v) is 3.13. The summed E-state index contributed by atoms with van der Waals surface area (Å²) in [6.07, 6.45) is 1.54. The van der Waals surface area contributed by atoms with Crippen LogP contribution in [0.4, 0.5) is 4.39 Å². The van der Waals surface area contributed by atoms with Gasteiger partial charge in [-0.2, -0.15) is 5.10 Å². The Hall–Kier alpha value is -2.22. The summed E-state index contributed by atoms with van der Waals surface area (Å²) in [5.41, 5.74) is 0.626. The van der Waals surface area contributed by atoms with Crippen LogP contribution in [0.25, 0.3) is 5.69 Å². The summed E-state index contributed by atoms with van der Waals surface area (Å²) in [5.74, 6) is -0.970. The van der Waals surface area contributed by atoms with Crippen molar-refractivity contribution in [2.45, 2.75) is 19.9 Å². The van der Waals surface area contributed by atoms with Gasteiger partial charge in [0.1, 0.15) is 5.82 Å². The highest BCUT2D eigenvalue weighted by atomic mass is 32.2. The molecule has 1 atom stereocenters. The van der Waals surface area contributed by atoms with Crippen LogP contribution in [0.1, 0.15) is 24.3 Å². The van der Waals surface area contributed by atoms with E-state index in [4.69, 9.17) is 0 Å². The van der Waals surface area contributed by atoms with Gasteiger partial charge in [-0.1, -0.05) is 13.0 Å². The Balaban J connectivity index is 2.07. The van der Waals surface area contributed by atoms with Crippen molar-refractivity contribution in [3.8, 4) is 5.69 Å². The lowest BCUT2D eigenvalue weighted by atomic mass is 10.3. The molecule has 2 rings (SSSR count). The van der Waals surface area contributed by atoms with Crippen LogP contribution in [0.3, 0.4) is 0 Å². The highest BCUT2D eigenvalue weighted by Crippen LogP contribution is 2.09. The predicted octanol–water partition coefficient (Wildman–Crippen LogP) is 1.56. The molecule has 0 aliphatic heterocycles. The summed E-state index contributed by atoms with van der Waals surface area (Å²) in [7, 11) is -3.17. The lowest BCUT2D eigenvalue weighted by molar-refractivity contribution is 0.0938. The molecule has 2 aromatic rings. The van der Waals surface area contributed by atoms with Gasteiger partial charge >= 0.3 is 0 Å². The van der Waals surface area contributed by atoms with Crippen molar-refractivity contribution >= 4 is 15.7 Å². The summed E-state index contributed by atoms with van der Waals surface area (Å²) < 4.78 is 37.7. The van der Waals surface area contributed by atoms with E-state index in [1.165, 1.54) is 29.1 Å². The molecular weight excluding hydrogens is 321 g/mol. The maximum Gasteiger partial charge on any atom is 0.272 e. The maximum atomic E-state index is 13.2. The van der Waals surface area contributed by atoms with Gasteiger partial charge in [0, 0.05) is 18.0 Å². The Kier molecular flexibility index (Phi) is 5.15. The van der Waals surface area contributed by atoms with E-state index in [1.807, 2.05) is 0 Å². The first-order valence-electron chi connectivity index (χ1n) is 7.13. The van der Waals surface area contributed by atoms with E-state index < -0.39 is 27.6 Å². The molecule has 1 aromatic heterocycles. The molecule has 1 aromatic carbocycles. The number of hydrogen-bond donors (Lipinski definition) is 1. The molecule has 0 bridgehead atoms.